The Morgan fingerprint density at radius 2 is 1.35 bits per heavy atom. The molecule has 0 bridgehead atoms. The van der Waals surface area contributed by atoms with E-state index in [0.717, 1.165) is 31.1 Å². The number of rotatable bonds is 15. The molecular formula is C40H66. The van der Waals surface area contributed by atoms with Gasteiger partial charge in [-0.15, -0.1) is 0 Å². The van der Waals surface area contributed by atoms with E-state index in [1.165, 1.54) is 51.4 Å². The fourth-order valence-corrected chi connectivity index (χ4v) is 6.99. The molecule has 0 nitrogen and oxygen atoms in total. The first kappa shape index (κ1) is 34.6. The topological polar surface area (TPSA) is 0 Å². The Balaban J connectivity index is 1.63. The van der Waals surface area contributed by atoms with Gasteiger partial charge in [-0.25, -0.2) is 0 Å². The zero-order valence-corrected chi connectivity index (χ0v) is 28.4. The van der Waals surface area contributed by atoms with Crippen molar-refractivity contribution in [2.75, 3.05) is 0 Å². The van der Waals surface area contributed by atoms with Gasteiger partial charge in [-0.2, -0.15) is 0 Å². The van der Waals surface area contributed by atoms with E-state index in [4.69, 9.17) is 0 Å². The maximum atomic E-state index is 2.49. The molecule has 0 heteroatoms. The van der Waals surface area contributed by atoms with E-state index in [-0.39, 0.29) is 0 Å². The zero-order chi connectivity index (χ0) is 29.8. The Kier molecular flexibility index (Phi) is 14.5. The minimum atomic E-state index is 0.337. The van der Waals surface area contributed by atoms with Crippen LogP contribution in [0.5, 0.6) is 0 Å². The predicted octanol–water partition coefficient (Wildman–Crippen LogP) is 13.0. The van der Waals surface area contributed by atoms with Crippen LogP contribution in [0.1, 0.15) is 140 Å². The van der Waals surface area contributed by atoms with Gasteiger partial charge in [-0.3, -0.25) is 0 Å². The van der Waals surface area contributed by atoms with E-state index < -0.39 is 0 Å². The Bertz CT molecular complexity index is 927. The van der Waals surface area contributed by atoms with Gasteiger partial charge in [0.2, 0.25) is 0 Å². The van der Waals surface area contributed by atoms with E-state index in [0.29, 0.717) is 28.6 Å². The average molecular weight is 547 g/mol. The molecule has 0 N–H and O–H groups in total. The third-order valence-corrected chi connectivity index (χ3v) is 9.99. The third-order valence-electron chi connectivity index (χ3n) is 9.99. The fraction of sp³-hybridized carbons (Fsp3) is 0.700. The van der Waals surface area contributed by atoms with Crippen LogP contribution in [0.15, 0.2) is 71.4 Å². The summed E-state index contributed by atoms with van der Waals surface area (Å²) in [7, 11) is 0. The average Bonchev–Trinajstić information content (AvgIpc) is 2.85. The molecule has 0 fully saturated rings. The van der Waals surface area contributed by atoms with Crippen molar-refractivity contribution >= 4 is 0 Å². The van der Waals surface area contributed by atoms with E-state index in [2.05, 4.69) is 124 Å². The standard InChI is InChI=1S/C40H66/c1-31(19-13-21-33(3)25-27-37-35(5)23-15-29-39(37,7)8)17-11-12-18-32(2)20-14-22-34(4)26-28-38-36(6)24-16-30-40(38,9)10/h11-14,19-20,23,26,28,31-34,37H,15-18,21-22,24-25,27,29-30H2,1-10H3/b12-11+,19-13+,20-14+,28-26+. The van der Waals surface area contributed by atoms with Gasteiger partial charge >= 0.3 is 0 Å². The molecule has 5 unspecified atom stereocenters. The predicted molar refractivity (Wildman–Crippen MR) is 182 cm³/mol. The van der Waals surface area contributed by atoms with Crippen LogP contribution < -0.4 is 0 Å². The summed E-state index contributed by atoms with van der Waals surface area (Å²) in [5.74, 6) is 3.37. The molecule has 0 aromatic heterocycles. The van der Waals surface area contributed by atoms with Crippen LogP contribution in [0, 0.1) is 40.4 Å². The van der Waals surface area contributed by atoms with Crippen molar-refractivity contribution in [1.29, 1.82) is 0 Å². The second-order valence-electron chi connectivity index (χ2n) is 15.2. The van der Waals surface area contributed by atoms with Gasteiger partial charge in [-0.05, 0) is 130 Å². The lowest BCUT2D eigenvalue weighted by atomic mass is 9.66. The fourth-order valence-electron chi connectivity index (χ4n) is 6.99. The molecule has 226 valence electrons. The van der Waals surface area contributed by atoms with Gasteiger partial charge in [0, 0.05) is 0 Å². The quantitative estimate of drug-likeness (QED) is 0.179. The lowest BCUT2D eigenvalue weighted by Crippen LogP contribution is -2.28. The first-order valence-electron chi connectivity index (χ1n) is 16.8. The normalized spacial score (nSPS) is 24.8. The van der Waals surface area contributed by atoms with Crippen molar-refractivity contribution in [3.05, 3.63) is 71.4 Å². The number of hydrogen-bond donors (Lipinski definition) is 0. The molecule has 40 heavy (non-hydrogen) atoms. The third kappa shape index (κ3) is 12.1. The molecule has 0 saturated carbocycles. The molecule has 2 aliphatic rings. The van der Waals surface area contributed by atoms with E-state index in [9.17, 15) is 0 Å². The maximum Gasteiger partial charge on any atom is -0.0104 e. The van der Waals surface area contributed by atoms with Crippen molar-refractivity contribution in [2.45, 2.75) is 140 Å². The lowest BCUT2D eigenvalue weighted by molar-refractivity contribution is 0.194. The van der Waals surface area contributed by atoms with Crippen molar-refractivity contribution < 1.29 is 0 Å². The number of hydrogen-bond acceptors (Lipinski definition) is 0. The number of allylic oxidation sites excluding steroid dienone is 12. The first-order chi connectivity index (χ1) is 18.8. The van der Waals surface area contributed by atoms with Crippen molar-refractivity contribution in [3.63, 3.8) is 0 Å². The monoisotopic (exact) mass is 547 g/mol. The zero-order valence-electron chi connectivity index (χ0n) is 28.4. The Labute approximate surface area is 251 Å². The SMILES string of the molecule is CC1=CCCC(C)(C)C1CCC(C)C/C=C/C(C)C/C=C/CC(C)/C=C/CC(C)/C=C/C1=C(C)CCCC1(C)C. The Hall–Kier alpha value is -1.56. The van der Waals surface area contributed by atoms with Crippen molar-refractivity contribution in [2.24, 2.45) is 40.4 Å². The summed E-state index contributed by atoms with van der Waals surface area (Å²) < 4.78 is 0. The largest absolute Gasteiger partial charge is 0.0880 e. The first-order valence-corrected chi connectivity index (χ1v) is 16.8. The van der Waals surface area contributed by atoms with Crippen molar-refractivity contribution in [3.8, 4) is 0 Å². The van der Waals surface area contributed by atoms with Gasteiger partial charge < -0.3 is 0 Å². The second kappa shape index (κ2) is 16.8. The van der Waals surface area contributed by atoms with Crippen LogP contribution in [-0.2, 0) is 0 Å². The molecule has 0 spiro atoms. The molecule has 0 radical (unpaired) electrons. The van der Waals surface area contributed by atoms with Gasteiger partial charge in [0.15, 0.2) is 0 Å². The highest BCUT2D eigenvalue weighted by atomic mass is 14.4. The summed E-state index contributed by atoms with van der Waals surface area (Å²) in [4.78, 5) is 0. The van der Waals surface area contributed by atoms with Gasteiger partial charge in [0.25, 0.3) is 0 Å². The Morgan fingerprint density at radius 3 is 1.95 bits per heavy atom. The highest BCUT2D eigenvalue weighted by Crippen LogP contribution is 2.44. The maximum absolute atomic E-state index is 2.49. The lowest BCUT2D eigenvalue weighted by Gasteiger charge is -2.39. The highest BCUT2D eigenvalue weighted by molar-refractivity contribution is 5.32. The van der Waals surface area contributed by atoms with Gasteiger partial charge in [0.05, 0.1) is 0 Å². The molecule has 5 atom stereocenters. The Morgan fingerprint density at radius 1 is 0.775 bits per heavy atom. The van der Waals surface area contributed by atoms with Crippen LogP contribution in [0.25, 0.3) is 0 Å². The molecule has 0 aliphatic heterocycles. The molecule has 0 heterocycles. The van der Waals surface area contributed by atoms with Gasteiger partial charge in [-0.1, -0.05) is 121 Å². The highest BCUT2D eigenvalue weighted by Gasteiger charge is 2.32. The minimum absolute atomic E-state index is 0.337. The smallest absolute Gasteiger partial charge is 0.0104 e. The molecule has 0 amide bonds. The second-order valence-corrected chi connectivity index (χ2v) is 15.2. The van der Waals surface area contributed by atoms with Gasteiger partial charge in [0.1, 0.15) is 0 Å². The summed E-state index contributed by atoms with van der Waals surface area (Å²) in [5, 5.41) is 0. The molecule has 2 aliphatic carbocycles. The van der Waals surface area contributed by atoms with Crippen LogP contribution >= 0.6 is 0 Å². The van der Waals surface area contributed by atoms with Crippen molar-refractivity contribution in [1.82, 2.24) is 0 Å². The summed E-state index contributed by atoms with van der Waals surface area (Å²) in [6.45, 7) is 23.9. The van der Waals surface area contributed by atoms with Crippen LogP contribution in [-0.4, -0.2) is 0 Å². The molecule has 0 aromatic carbocycles. The van der Waals surface area contributed by atoms with Crippen LogP contribution in [0.3, 0.4) is 0 Å². The minimum Gasteiger partial charge on any atom is -0.0880 e. The summed E-state index contributed by atoms with van der Waals surface area (Å²) in [6, 6.07) is 0. The summed E-state index contributed by atoms with van der Waals surface area (Å²) >= 11 is 0. The van der Waals surface area contributed by atoms with Crippen LogP contribution in [0.2, 0.25) is 0 Å². The molecule has 0 saturated heterocycles. The van der Waals surface area contributed by atoms with E-state index >= 15 is 0 Å². The van der Waals surface area contributed by atoms with E-state index in [1.54, 1.807) is 16.7 Å². The molecule has 2 rings (SSSR count). The molecular weight excluding hydrogens is 480 g/mol. The molecule has 0 aromatic rings. The van der Waals surface area contributed by atoms with E-state index in [1.807, 2.05) is 0 Å². The van der Waals surface area contributed by atoms with Crippen LogP contribution in [0.4, 0.5) is 0 Å². The summed E-state index contributed by atoms with van der Waals surface area (Å²) in [6.07, 6.45) is 35.7. The summed E-state index contributed by atoms with van der Waals surface area (Å²) in [5.41, 5.74) is 5.62.